The smallest absolute Gasteiger partial charge is 0.220 e. The van der Waals surface area contributed by atoms with E-state index in [1.807, 2.05) is 0 Å². The average molecular weight is 525 g/mol. The second-order valence-electron chi connectivity index (χ2n) is 7.59. The van der Waals surface area contributed by atoms with Gasteiger partial charge in [0.05, 0.1) is 5.69 Å². The molecular weight excluding hydrogens is 493 g/mol. The van der Waals surface area contributed by atoms with E-state index in [2.05, 4.69) is 27.3 Å². The minimum Gasteiger partial charge on any atom is -0.364 e. The fourth-order valence-electron chi connectivity index (χ4n) is 4.15. The molecule has 1 saturated carbocycles. The van der Waals surface area contributed by atoms with E-state index in [9.17, 15) is 8.42 Å². The fourth-order valence-corrected chi connectivity index (χ4v) is 5.57. The molecule has 2 heterocycles. The van der Waals surface area contributed by atoms with Gasteiger partial charge < -0.3 is 14.7 Å². The molecular formula is C18H32IN5O3S. The minimum absolute atomic E-state index is 0. The number of aromatic nitrogens is 1. The summed E-state index contributed by atoms with van der Waals surface area (Å²) in [6, 6.07) is 1.59. The Bertz CT molecular complexity index is 724. The lowest BCUT2D eigenvalue weighted by molar-refractivity contribution is 0.247. The number of hydrogen-bond donors (Lipinski definition) is 1. The molecule has 0 spiro atoms. The van der Waals surface area contributed by atoms with Crippen LogP contribution in [0.5, 0.6) is 0 Å². The Balaban J connectivity index is 0.00000280. The van der Waals surface area contributed by atoms with E-state index in [1.54, 1.807) is 13.1 Å². The number of hydrogen-bond acceptors (Lipinski definition) is 5. The molecule has 160 valence electrons. The SMILES string of the molecule is CCC1(CNC(=NC)N2CCN(S(=O)(=O)Cc3ccon3)CC2)CCCC1.I. The largest absolute Gasteiger partial charge is 0.364 e. The van der Waals surface area contributed by atoms with Crippen LogP contribution < -0.4 is 5.32 Å². The van der Waals surface area contributed by atoms with Gasteiger partial charge in [0.2, 0.25) is 10.0 Å². The highest BCUT2D eigenvalue weighted by molar-refractivity contribution is 14.0. The summed E-state index contributed by atoms with van der Waals surface area (Å²) in [5.74, 6) is 0.762. The quantitative estimate of drug-likeness (QED) is 0.348. The van der Waals surface area contributed by atoms with Gasteiger partial charge in [0.1, 0.15) is 12.0 Å². The van der Waals surface area contributed by atoms with Crippen molar-refractivity contribution < 1.29 is 12.9 Å². The van der Waals surface area contributed by atoms with Gasteiger partial charge in [-0.3, -0.25) is 4.99 Å². The van der Waals surface area contributed by atoms with Crippen molar-refractivity contribution in [2.24, 2.45) is 10.4 Å². The van der Waals surface area contributed by atoms with E-state index in [0.717, 1.165) is 12.5 Å². The molecule has 0 aromatic carbocycles. The Kier molecular flexibility index (Phi) is 8.56. The van der Waals surface area contributed by atoms with Gasteiger partial charge in [-0.05, 0) is 24.7 Å². The molecule has 1 saturated heterocycles. The highest BCUT2D eigenvalue weighted by Crippen LogP contribution is 2.40. The molecule has 3 rings (SSSR count). The molecule has 0 bridgehead atoms. The fraction of sp³-hybridized carbons (Fsp3) is 0.778. The van der Waals surface area contributed by atoms with Crippen LogP contribution in [-0.4, -0.2) is 68.5 Å². The first-order chi connectivity index (χ1) is 13.0. The number of piperazine rings is 1. The highest BCUT2D eigenvalue weighted by atomic mass is 127. The van der Waals surface area contributed by atoms with Crippen LogP contribution in [-0.2, 0) is 15.8 Å². The first kappa shape index (κ1) is 23.4. The summed E-state index contributed by atoms with van der Waals surface area (Å²) >= 11 is 0. The second kappa shape index (κ2) is 10.2. The summed E-state index contributed by atoms with van der Waals surface area (Å²) in [6.07, 6.45) is 7.77. The number of guanidine groups is 1. The zero-order valence-electron chi connectivity index (χ0n) is 16.8. The van der Waals surface area contributed by atoms with Crippen molar-refractivity contribution in [2.75, 3.05) is 39.8 Å². The Hall–Kier alpha value is -0.880. The predicted molar refractivity (Wildman–Crippen MR) is 120 cm³/mol. The van der Waals surface area contributed by atoms with Gasteiger partial charge in [-0.2, -0.15) is 4.31 Å². The summed E-state index contributed by atoms with van der Waals surface area (Å²) in [6.45, 7) is 5.41. The predicted octanol–water partition coefficient (Wildman–Crippen LogP) is 2.29. The third kappa shape index (κ3) is 5.59. The third-order valence-corrected chi connectivity index (χ3v) is 7.81. The molecule has 0 radical (unpaired) electrons. The standard InChI is InChI=1S/C18H31N5O3S.HI/c1-3-18(7-4-5-8-18)15-20-17(19-2)22-9-11-23(12-10-22)27(24,25)14-16-6-13-26-21-16;/h6,13H,3-5,7-12,14-15H2,1-2H3,(H,19,20);1H. The first-order valence-electron chi connectivity index (χ1n) is 9.81. The van der Waals surface area contributed by atoms with Crippen molar-refractivity contribution in [2.45, 2.75) is 44.8 Å². The van der Waals surface area contributed by atoms with Crippen LogP contribution in [0.15, 0.2) is 21.8 Å². The zero-order valence-corrected chi connectivity index (χ0v) is 19.9. The number of aliphatic imine (C=N–C) groups is 1. The monoisotopic (exact) mass is 525 g/mol. The normalized spacial score (nSPS) is 20.8. The summed E-state index contributed by atoms with van der Waals surface area (Å²) < 4.78 is 31.4. The highest BCUT2D eigenvalue weighted by Gasteiger charge is 2.33. The van der Waals surface area contributed by atoms with Gasteiger partial charge in [-0.1, -0.05) is 24.9 Å². The Morgan fingerprint density at radius 3 is 2.50 bits per heavy atom. The number of nitrogens with one attached hydrogen (secondary N) is 1. The summed E-state index contributed by atoms with van der Waals surface area (Å²) in [5.41, 5.74) is 0.829. The van der Waals surface area contributed by atoms with Crippen molar-refractivity contribution in [1.82, 2.24) is 19.7 Å². The molecule has 8 nitrogen and oxygen atoms in total. The first-order valence-corrected chi connectivity index (χ1v) is 11.4. The van der Waals surface area contributed by atoms with E-state index >= 15 is 0 Å². The maximum Gasteiger partial charge on any atom is 0.220 e. The van der Waals surface area contributed by atoms with Crippen LogP contribution in [0.4, 0.5) is 0 Å². The molecule has 0 unspecified atom stereocenters. The van der Waals surface area contributed by atoms with E-state index in [4.69, 9.17) is 4.52 Å². The molecule has 10 heteroatoms. The number of nitrogens with zero attached hydrogens (tertiary/aromatic N) is 4. The number of halogens is 1. The van der Waals surface area contributed by atoms with Crippen molar-refractivity contribution in [3.63, 3.8) is 0 Å². The lowest BCUT2D eigenvalue weighted by Crippen LogP contribution is -2.54. The average Bonchev–Trinajstić information content (AvgIpc) is 3.35. The van der Waals surface area contributed by atoms with Gasteiger partial charge in [0, 0.05) is 45.8 Å². The molecule has 2 fully saturated rings. The Morgan fingerprint density at radius 1 is 1.29 bits per heavy atom. The summed E-state index contributed by atoms with van der Waals surface area (Å²) in [4.78, 5) is 6.58. The van der Waals surface area contributed by atoms with Crippen molar-refractivity contribution in [3.8, 4) is 0 Å². The summed E-state index contributed by atoms with van der Waals surface area (Å²) in [7, 11) is -1.58. The molecule has 1 N–H and O–H groups in total. The van der Waals surface area contributed by atoms with E-state index in [-0.39, 0.29) is 29.7 Å². The molecule has 28 heavy (non-hydrogen) atoms. The third-order valence-electron chi connectivity index (χ3n) is 6.00. The Morgan fingerprint density at radius 2 is 1.96 bits per heavy atom. The van der Waals surface area contributed by atoms with Gasteiger partial charge in [-0.15, -0.1) is 24.0 Å². The number of rotatable bonds is 6. The van der Waals surface area contributed by atoms with E-state index in [0.29, 0.717) is 37.3 Å². The van der Waals surface area contributed by atoms with Crippen LogP contribution >= 0.6 is 24.0 Å². The molecule has 1 aliphatic carbocycles. The topological polar surface area (TPSA) is 91.0 Å². The maximum atomic E-state index is 12.6. The lowest BCUT2D eigenvalue weighted by atomic mass is 9.83. The molecule has 0 amide bonds. The van der Waals surface area contributed by atoms with Crippen LogP contribution in [0.3, 0.4) is 0 Å². The van der Waals surface area contributed by atoms with Crippen LogP contribution in [0.2, 0.25) is 0 Å². The molecule has 1 aromatic rings. The molecule has 1 aliphatic heterocycles. The van der Waals surface area contributed by atoms with E-state index < -0.39 is 10.0 Å². The minimum atomic E-state index is -3.38. The van der Waals surface area contributed by atoms with Crippen molar-refractivity contribution in [3.05, 3.63) is 18.0 Å². The van der Waals surface area contributed by atoms with Crippen LogP contribution in [0.25, 0.3) is 0 Å². The Labute approximate surface area is 185 Å². The van der Waals surface area contributed by atoms with Crippen molar-refractivity contribution in [1.29, 1.82) is 0 Å². The zero-order chi connectivity index (χ0) is 19.3. The van der Waals surface area contributed by atoms with Gasteiger partial charge in [0.15, 0.2) is 5.96 Å². The van der Waals surface area contributed by atoms with Crippen LogP contribution in [0.1, 0.15) is 44.7 Å². The number of sulfonamides is 1. The van der Waals surface area contributed by atoms with Gasteiger partial charge in [0.25, 0.3) is 0 Å². The second-order valence-corrected chi connectivity index (χ2v) is 9.56. The maximum absolute atomic E-state index is 12.6. The van der Waals surface area contributed by atoms with Gasteiger partial charge >= 0.3 is 0 Å². The van der Waals surface area contributed by atoms with Gasteiger partial charge in [-0.25, -0.2) is 8.42 Å². The molecule has 1 aromatic heterocycles. The lowest BCUT2D eigenvalue weighted by Gasteiger charge is -2.37. The van der Waals surface area contributed by atoms with E-state index in [1.165, 1.54) is 42.7 Å². The molecule has 2 aliphatic rings. The van der Waals surface area contributed by atoms with Crippen molar-refractivity contribution >= 4 is 40.0 Å². The van der Waals surface area contributed by atoms with Crippen LogP contribution in [0, 0.1) is 5.41 Å². The summed E-state index contributed by atoms with van der Waals surface area (Å²) in [5, 5.41) is 7.26. The molecule has 0 atom stereocenters.